The first-order chi connectivity index (χ1) is 8.31. The molecule has 0 saturated carbocycles. The van der Waals surface area contributed by atoms with E-state index in [4.69, 9.17) is 0 Å². The molecule has 0 aliphatic heterocycles. The molecule has 2 aromatic rings. The van der Waals surface area contributed by atoms with Gasteiger partial charge in [-0.2, -0.15) is 5.10 Å². The number of amides is 1. The molecule has 0 atom stereocenters. The normalized spacial score (nSPS) is 10.2. The Morgan fingerprint density at radius 2 is 2.06 bits per heavy atom. The SMILES string of the molecule is CCCNC(=O)c1ccc(-c2cn[nH]c2)cc1. The van der Waals surface area contributed by atoms with E-state index in [0.29, 0.717) is 12.1 Å². The zero-order valence-electron chi connectivity index (χ0n) is 9.73. The van der Waals surface area contributed by atoms with E-state index in [2.05, 4.69) is 15.5 Å². The first kappa shape index (κ1) is 11.4. The maximum absolute atomic E-state index is 11.7. The monoisotopic (exact) mass is 229 g/mol. The topological polar surface area (TPSA) is 57.8 Å². The molecule has 4 heteroatoms. The smallest absolute Gasteiger partial charge is 0.251 e. The average molecular weight is 229 g/mol. The summed E-state index contributed by atoms with van der Waals surface area (Å²) in [6, 6.07) is 7.50. The molecule has 0 unspecified atom stereocenters. The molecule has 4 nitrogen and oxygen atoms in total. The number of hydrogen-bond donors (Lipinski definition) is 2. The molecule has 0 radical (unpaired) electrons. The number of nitrogens with zero attached hydrogens (tertiary/aromatic N) is 1. The Bertz CT molecular complexity index is 474. The van der Waals surface area contributed by atoms with E-state index in [1.165, 1.54) is 0 Å². The van der Waals surface area contributed by atoms with Gasteiger partial charge in [0.05, 0.1) is 6.20 Å². The summed E-state index contributed by atoms with van der Waals surface area (Å²) < 4.78 is 0. The number of aromatic nitrogens is 2. The van der Waals surface area contributed by atoms with Crippen molar-refractivity contribution in [3.63, 3.8) is 0 Å². The molecule has 1 aromatic carbocycles. The number of carbonyl (C=O) groups is 1. The molecular formula is C13H15N3O. The van der Waals surface area contributed by atoms with Gasteiger partial charge in [-0.25, -0.2) is 0 Å². The second kappa shape index (κ2) is 5.30. The van der Waals surface area contributed by atoms with Crippen molar-refractivity contribution in [1.29, 1.82) is 0 Å². The fraction of sp³-hybridized carbons (Fsp3) is 0.231. The van der Waals surface area contributed by atoms with Crippen LogP contribution in [0, 0.1) is 0 Å². The van der Waals surface area contributed by atoms with Gasteiger partial charge < -0.3 is 5.32 Å². The highest BCUT2D eigenvalue weighted by atomic mass is 16.1. The lowest BCUT2D eigenvalue weighted by molar-refractivity contribution is 0.0953. The Hall–Kier alpha value is -2.10. The van der Waals surface area contributed by atoms with Gasteiger partial charge in [-0.3, -0.25) is 9.89 Å². The van der Waals surface area contributed by atoms with Gasteiger partial charge in [-0.15, -0.1) is 0 Å². The van der Waals surface area contributed by atoms with Crippen LogP contribution in [0.1, 0.15) is 23.7 Å². The van der Waals surface area contributed by atoms with Gasteiger partial charge in [0.25, 0.3) is 5.91 Å². The molecular weight excluding hydrogens is 214 g/mol. The Labute approximate surface area is 100 Å². The van der Waals surface area contributed by atoms with Crippen LogP contribution in [-0.2, 0) is 0 Å². The summed E-state index contributed by atoms with van der Waals surface area (Å²) in [7, 11) is 0. The largest absolute Gasteiger partial charge is 0.352 e. The van der Waals surface area contributed by atoms with Crippen LogP contribution in [0.25, 0.3) is 11.1 Å². The highest BCUT2D eigenvalue weighted by Crippen LogP contribution is 2.17. The third-order valence-corrected chi connectivity index (χ3v) is 2.51. The van der Waals surface area contributed by atoms with Crippen molar-refractivity contribution in [3.05, 3.63) is 42.2 Å². The van der Waals surface area contributed by atoms with Crippen LogP contribution >= 0.6 is 0 Å². The molecule has 1 aromatic heterocycles. The molecule has 0 spiro atoms. The summed E-state index contributed by atoms with van der Waals surface area (Å²) in [6.45, 7) is 2.74. The van der Waals surface area contributed by atoms with Gasteiger partial charge in [0.2, 0.25) is 0 Å². The number of rotatable bonds is 4. The lowest BCUT2D eigenvalue weighted by Crippen LogP contribution is -2.23. The van der Waals surface area contributed by atoms with Crippen molar-refractivity contribution in [2.24, 2.45) is 0 Å². The molecule has 1 amide bonds. The zero-order valence-corrected chi connectivity index (χ0v) is 9.73. The second-order valence-electron chi connectivity index (χ2n) is 3.82. The van der Waals surface area contributed by atoms with Crippen LogP contribution in [0.3, 0.4) is 0 Å². The van der Waals surface area contributed by atoms with Gasteiger partial charge in [0.1, 0.15) is 0 Å². The summed E-state index contributed by atoms with van der Waals surface area (Å²) in [5, 5.41) is 9.50. The predicted octanol–water partition coefficient (Wildman–Crippen LogP) is 2.22. The Morgan fingerprint density at radius 3 is 2.65 bits per heavy atom. The molecule has 17 heavy (non-hydrogen) atoms. The van der Waals surface area contributed by atoms with Crippen molar-refractivity contribution in [2.75, 3.05) is 6.54 Å². The Balaban J connectivity index is 2.10. The highest BCUT2D eigenvalue weighted by molar-refractivity contribution is 5.94. The van der Waals surface area contributed by atoms with Crippen molar-refractivity contribution < 1.29 is 4.79 Å². The summed E-state index contributed by atoms with van der Waals surface area (Å²) in [5.74, 6) is -0.0226. The molecule has 0 fully saturated rings. The van der Waals surface area contributed by atoms with Crippen molar-refractivity contribution in [3.8, 4) is 11.1 Å². The average Bonchev–Trinajstić information content (AvgIpc) is 2.90. The van der Waals surface area contributed by atoms with Crippen LogP contribution in [0.5, 0.6) is 0 Å². The Kier molecular flexibility index (Phi) is 3.55. The molecule has 0 bridgehead atoms. The van der Waals surface area contributed by atoms with Gasteiger partial charge in [-0.05, 0) is 24.1 Å². The minimum absolute atomic E-state index is 0.0226. The number of hydrogen-bond acceptors (Lipinski definition) is 2. The first-order valence-electron chi connectivity index (χ1n) is 5.68. The minimum atomic E-state index is -0.0226. The van der Waals surface area contributed by atoms with Gasteiger partial charge in [0, 0.05) is 23.9 Å². The fourth-order valence-corrected chi connectivity index (χ4v) is 1.56. The van der Waals surface area contributed by atoms with Crippen LogP contribution in [0.4, 0.5) is 0 Å². The van der Waals surface area contributed by atoms with Crippen molar-refractivity contribution in [1.82, 2.24) is 15.5 Å². The van der Waals surface area contributed by atoms with E-state index in [-0.39, 0.29) is 5.91 Å². The highest BCUT2D eigenvalue weighted by Gasteiger charge is 2.05. The van der Waals surface area contributed by atoms with E-state index in [1.54, 1.807) is 6.20 Å². The molecule has 0 saturated heterocycles. The number of H-pyrrole nitrogens is 1. The fourth-order valence-electron chi connectivity index (χ4n) is 1.56. The third kappa shape index (κ3) is 2.72. The van der Waals surface area contributed by atoms with Gasteiger partial charge in [0.15, 0.2) is 0 Å². The molecule has 0 aliphatic rings. The second-order valence-corrected chi connectivity index (χ2v) is 3.82. The number of benzene rings is 1. The van der Waals surface area contributed by atoms with Crippen molar-refractivity contribution in [2.45, 2.75) is 13.3 Å². The van der Waals surface area contributed by atoms with E-state index in [9.17, 15) is 4.79 Å². The number of nitrogens with one attached hydrogen (secondary N) is 2. The summed E-state index contributed by atoms with van der Waals surface area (Å²) >= 11 is 0. The lowest BCUT2D eigenvalue weighted by Gasteiger charge is -2.04. The van der Waals surface area contributed by atoms with Crippen LogP contribution in [-0.4, -0.2) is 22.6 Å². The standard InChI is InChI=1S/C13H15N3O/c1-2-7-14-13(17)11-5-3-10(4-6-11)12-8-15-16-9-12/h3-6,8-9H,2,7H2,1H3,(H,14,17)(H,15,16). The maximum atomic E-state index is 11.7. The third-order valence-electron chi connectivity index (χ3n) is 2.51. The molecule has 0 aliphatic carbocycles. The Morgan fingerprint density at radius 1 is 1.29 bits per heavy atom. The maximum Gasteiger partial charge on any atom is 0.251 e. The van der Waals surface area contributed by atoms with Crippen LogP contribution in [0.15, 0.2) is 36.7 Å². The molecule has 2 rings (SSSR count). The quantitative estimate of drug-likeness (QED) is 0.844. The zero-order chi connectivity index (χ0) is 12.1. The van der Waals surface area contributed by atoms with E-state index < -0.39 is 0 Å². The van der Waals surface area contributed by atoms with E-state index in [1.807, 2.05) is 37.4 Å². The minimum Gasteiger partial charge on any atom is -0.352 e. The molecule has 88 valence electrons. The predicted molar refractivity (Wildman–Crippen MR) is 66.6 cm³/mol. The van der Waals surface area contributed by atoms with Crippen LogP contribution < -0.4 is 5.32 Å². The molecule has 2 N–H and O–H groups in total. The number of carbonyl (C=O) groups excluding carboxylic acids is 1. The van der Waals surface area contributed by atoms with Gasteiger partial charge in [-0.1, -0.05) is 19.1 Å². The van der Waals surface area contributed by atoms with E-state index >= 15 is 0 Å². The summed E-state index contributed by atoms with van der Waals surface area (Å²) in [4.78, 5) is 11.7. The van der Waals surface area contributed by atoms with Crippen molar-refractivity contribution >= 4 is 5.91 Å². The summed E-state index contributed by atoms with van der Waals surface area (Å²) in [6.07, 6.45) is 4.52. The van der Waals surface area contributed by atoms with Gasteiger partial charge >= 0.3 is 0 Å². The first-order valence-corrected chi connectivity index (χ1v) is 5.68. The molecule has 1 heterocycles. The van der Waals surface area contributed by atoms with E-state index in [0.717, 1.165) is 17.5 Å². The number of aromatic amines is 1. The lowest BCUT2D eigenvalue weighted by atomic mass is 10.1. The summed E-state index contributed by atoms with van der Waals surface area (Å²) in [5.41, 5.74) is 2.75. The van der Waals surface area contributed by atoms with Crippen LogP contribution in [0.2, 0.25) is 0 Å².